The maximum Gasteiger partial charge on any atom is 0.293 e. The Balaban J connectivity index is 1.40. The lowest BCUT2D eigenvalue weighted by Gasteiger charge is -2.33. The first kappa shape index (κ1) is 21.3. The molecule has 162 valence electrons. The van der Waals surface area contributed by atoms with Crippen molar-refractivity contribution in [1.29, 1.82) is 0 Å². The number of carbonyl (C=O) groups is 2. The molecular weight excluding hydrogens is 414 g/mol. The minimum Gasteiger partial charge on any atom is -0.449 e. The van der Waals surface area contributed by atoms with E-state index in [0.29, 0.717) is 25.4 Å². The fourth-order valence-corrected chi connectivity index (χ4v) is 4.45. The molecule has 1 fully saturated rings. The van der Waals surface area contributed by atoms with E-state index >= 15 is 0 Å². The van der Waals surface area contributed by atoms with Crippen LogP contribution in [0.4, 0.5) is 5.69 Å². The van der Waals surface area contributed by atoms with Crippen LogP contribution in [0.2, 0.25) is 0 Å². The van der Waals surface area contributed by atoms with Gasteiger partial charge in [-0.05, 0) is 30.3 Å². The molecule has 4 rings (SSSR count). The lowest BCUT2D eigenvalue weighted by atomic mass is 10.2. The van der Waals surface area contributed by atoms with Crippen LogP contribution in [0, 0.1) is 0 Å². The number of rotatable bonds is 5. The molecular formula is C23H25N3O4S. The number of amides is 2. The molecule has 1 saturated heterocycles. The van der Waals surface area contributed by atoms with E-state index in [1.54, 1.807) is 30.2 Å². The second kappa shape index (κ2) is 9.47. The molecule has 2 aromatic rings. The van der Waals surface area contributed by atoms with Gasteiger partial charge in [-0.2, -0.15) is 0 Å². The number of para-hydroxylation sites is 2. The maximum absolute atomic E-state index is 12.6. The molecule has 2 aliphatic heterocycles. The summed E-state index contributed by atoms with van der Waals surface area (Å²) in [5.74, 6) is 0.716. The molecule has 1 aromatic carbocycles. The molecule has 0 spiro atoms. The van der Waals surface area contributed by atoms with E-state index in [2.05, 4.69) is 4.90 Å². The van der Waals surface area contributed by atoms with Crippen molar-refractivity contribution in [3.8, 4) is 5.75 Å². The van der Waals surface area contributed by atoms with Crippen LogP contribution in [0.3, 0.4) is 0 Å². The number of hydrogen-bond donors (Lipinski definition) is 1. The van der Waals surface area contributed by atoms with Crippen LogP contribution >= 0.6 is 11.3 Å². The van der Waals surface area contributed by atoms with Gasteiger partial charge in [0.2, 0.25) is 5.91 Å². The Labute approximate surface area is 185 Å². The number of benzene rings is 1. The predicted molar refractivity (Wildman–Crippen MR) is 122 cm³/mol. The summed E-state index contributed by atoms with van der Waals surface area (Å²) in [7, 11) is 1.73. The zero-order valence-corrected chi connectivity index (χ0v) is 18.2. The topological polar surface area (TPSA) is 73.3 Å². The number of anilines is 1. The van der Waals surface area contributed by atoms with Crippen LogP contribution in [0.25, 0.3) is 12.2 Å². The van der Waals surface area contributed by atoms with Gasteiger partial charge in [-0.1, -0.05) is 12.1 Å². The van der Waals surface area contributed by atoms with Gasteiger partial charge in [-0.3, -0.25) is 14.5 Å². The molecule has 2 amide bonds. The normalized spacial score (nSPS) is 18.5. The summed E-state index contributed by atoms with van der Waals surface area (Å²) in [4.78, 5) is 32.4. The number of ether oxygens (including phenoxy) is 1. The summed E-state index contributed by atoms with van der Waals surface area (Å²) in [6, 6.07) is 11.3. The molecule has 0 atom stereocenters. The number of aliphatic hydroxyl groups is 1. The average Bonchev–Trinajstić information content (AvgIpc) is 3.24. The van der Waals surface area contributed by atoms with Gasteiger partial charge in [-0.25, -0.2) is 0 Å². The fourth-order valence-electron chi connectivity index (χ4n) is 3.61. The molecule has 3 heterocycles. The Bertz CT molecular complexity index is 1020. The number of carbonyl (C=O) groups excluding carboxylic acids is 2. The summed E-state index contributed by atoms with van der Waals surface area (Å²) < 4.78 is 5.81. The highest BCUT2D eigenvalue weighted by molar-refractivity contribution is 7.13. The van der Waals surface area contributed by atoms with Crippen molar-refractivity contribution in [2.45, 2.75) is 0 Å². The summed E-state index contributed by atoms with van der Waals surface area (Å²) in [6.07, 6.45) is 5.13. The van der Waals surface area contributed by atoms with Crippen molar-refractivity contribution in [1.82, 2.24) is 9.80 Å². The molecule has 1 aromatic heterocycles. The van der Waals surface area contributed by atoms with E-state index < -0.39 is 0 Å². The van der Waals surface area contributed by atoms with Crippen LogP contribution < -0.4 is 9.64 Å². The third-order valence-corrected chi connectivity index (χ3v) is 6.37. The molecule has 1 N–H and O–H groups in total. The Morgan fingerprint density at radius 2 is 1.87 bits per heavy atom. The third kappa shape index (κ3) is 4.87. The minimum absolute atomic E-state index is 0.0130. The van der Waals surface area contributed by atoms with E-state index in [1.807, 2.05) is 41.3 Å². The first-order chi connectivity index (χ1) is 15.0. The summed E-state index contributed by atoms with van der Waals surface area (Å²) in [5.41, 5.74) is 0.746. The van der Waals surface area contributed by atoms with Gasteiger partial charge in [0, 0.05) is 61.7 Å². The maximum atomic E-state index is 12.6. The highest BCUT2D eigenvalue weighted by Crippen LogP contribution is 2.35. The van der Waals surface area contributed by atoms with Crippen LogP contribution in [-0.4, -0.2) is 73.1 Å². The number of β-amino-alcohol motifs (C(OH)–C–C–N with tert-alkyl or cyclic N) is 1. The van der Waals surface area contributed by atoms with Crippen LogP contribution in [0.1, 0.15) is 9.75 Å². The van der Waals surface area contributed by atoms with Crippen LogP contribution in [0.15, 0.2) is 48.2 Å². The van der Waals surface area contributed by atoms with Crippen LogP contribution in [-0.2, 0) is 9.59 Å². The standard InChI is InChI=1S/C23H25N3O4S/c1-24-19-4-2-3-5-20(19)30-21(23(24)29)16-18-7-6-17(31-18)8-9-22(28)26-12-10-25(11-13-26)14-15-27/h2-9,16,27H,10-15H2,1H3/b9-8+,21-16-. The number of aliphatic hydroxyl groups excluding tert-OH is 1. The van der Waals surface area contributed by atoms with Crippen molar-refractivity contribution in [3.63, 3.8) is 0 Å². The van der Waals surface area contributed by atoms with Gasteiger partial charge in [0.25, 0.3) is 5.91 Å². The Kier molecular flexibility index (Phi) is 6.50. The van der Waals surface area contributed by atoms with Crippen molar-refractivity contribution >= 4 is 41.0 Å². The zero-order valence-electron chi connectivity index (χ0n) is 17.4. The molecule has 0 bridgehead atoms. The number of hydrogen-bond acceptors (Lipinski definition) is 6. The van der Waals surface area contributed by atoms with E-state index in [0.717, 1.165) is 28.5 Å². The molecule has 8 heteroatoms. The summed E-state index contributed by atoms with van der Waals surface area (Å²) >= 11 is 1.49. The van der Waals surface area contributed by atoms with Gasteiger partial charge in [0.1, 0.15) is 0 Å². The Hall–Kier alpha value is -2.94. The largest absolute Gasteiger partial charge is 0.449 e. The van der Waals surface area contributed by atoms with Gasteiger partial charge in [0.05, 0.1) is 12.3 Å². The molecule has 0 radical (unpaired) electrons. The van der Waals surface area contributed by atoms with Gasteiger partial charge in [0.15, 0.2) is 11.5 Å². The lowest BCUT2D eigenvalue weighted by molar-refractivity contribution is -0.127. The molecule has 7 nitrogen and oxygen atoms in total. The first-order valence-electron chi connectivity index (χ1n) is 10.2. The van der Waals surface area contributed by atoms with Crippen molar-refractivity contribution in [3.05, 3.63) is 58.0 Å². The predicted octanol–water partition coefficient (Wildman–Crippen LogP) is 2.29. The lowest BCUT2D eigenvalue weighted by Crippen LogP contribution is -2.48. The summed E-state index contributed by atoms with van der Waals surface area (Å²) in [6.45, 7) is 3.69. The van der Waals surface area contributed by atoms with E-state index in [9.17, 15) is 9.59 Å². The number of nitrogens with zero attached hydrogens (tertiary/aromatic N) is 3. The van der Waals surface area contributed by atoms with Crippen LogP contribution in [0.5, 0.6) is 5.75 Å². The first-order valence-corrected chi connectivity index (χ1v) is 11.0. The number of piperazine rings is 1. The molecule has 2 aliphatic rings. The molecule has 0 aliphatic carbocycles. The minimum atomic E-state index is -0.195. The molecule has 0 unspecified atom stereocenters. The molecule has 31 heavy (non-hydrogen) atoms. The zero-order chi connectivity index (χ0) is 21.8. The summed E-state index contributed by atoms with van der Waals surface area (Å²) in [5, 5.41) is 9.02. The fraction of sp³-hybridized carbons (Fsp3) is 0.304. The van der Waals surface area contributed by atoms with Crippen molar-refractivity contribution < 1.29 is 19.4 Å². The van der Waals surface area contributed by atoms with Gasteiger partial charge in [-0.15, -0.1) is 11.3 Å². The Morgan fingerprint density at radius 3 is 2.65 bits per heavy atom. The van der Waals surface area contributed by atoms with E-state index in [-0.39, 0.29) is 24.2 Å². The number of thiophene rings is 1. The second-order valence-electron chi connectivity index (χ2n) is 7.41. The highest BCUT2D eigenvalue weighted by Gasteiger charge is 2.27. The van der Waals surface area contributed by atoms with Gasteiger partial charge >= 0.3 is 0 Å². The molecule has 0 saturated carbocycles. The monoisotopic (exact) mass is 439 g/mol. The number of fused-ring (bicyclic) bond motifs is 1. The van der Waals surface area contributed by atoms with Crippen molar-refractivity contribution in [2.24, 2.45) is 0 Å². The highest BCUT2D eigenvalue weighted by atomic mass is 32.1. The average molecular weight is 440 g/mol. The third-order valence-electron chi connectivity index (χ3n) is 5.37. The van der Waals surface area contributed by atoms with E-state index in [1.165, 1.54) is 11.3 Å². The SMILES string of the molecule is CN1C(=O)/C(=C/c2ccc(/C=C/C(=O)N3CCN(CCO)CC3)s2)Oc2ccccc21. The van der Waals surface area contributed by atoms with E-state index in [4.69, 9.17) is 9.84 Å². The smallest absolute Gasteiger partial charge is 0.293 e. The van der Waals surface area contributed by atoms with Gasteiger partial charge < -0.3 is 19.6 Å². The Morgan fingerprint density at radius 1 is 1.13 bits per heavy atom. The van der Waals surface area contributed by atoms with Crippen molar-refractivity contribution in [2.75, 3.05) is 51.3 Å². The second-order valence-corrected chi connectivity index (χ2v) is 8.55. The number of likely N-dealkylation sites (N-methyl/N-ethyl adjacent to an activating group) is 1. The quantitative estimate of drug-likeness (QED) is 0.724.